The molecule has 6 heteroatoms. The van der Waals surface area contributed by atoms with Crippen molar-refractivity contribution in [1.82, 2.24) is 9.97 Å². The molecule has 0 amide bonds. The molecule has 24 heavy (non-hydrogen) atoms. The first-order chi connectivity index (χ1) is 11.3. The van der Waals surface area contributed by atoms with Crippen LogP contribution in [0.2, 0.25) is 0 Å². The number of nitrogens with one attached hydrogen (secondary N) is 1. The summed E-state index contributed by atoms with van der Waals surface area (Å²) in [6, 6.07) is 10.4. The normalized spacial score (nSPS) is 11.7. The van der Waals surface area contributed by atoms with Crippen LogP contribution in [0.1, 0.15) is 22.5 Å². The number of benzene rings is 2. The molecule has 0 spiro atoms. The highest BCUT2D eigenvalue weighted by Gasteiger charge is 2.17. The Morgan fingerprint density at radius 3 is 2.17 bits per heavy atom. The molecule has 2 aromatic carbocycles. The molecule has 0 unspecified atom stereocenters. The average Bonchev–Trinajstić information content (AvgIpc) is 2.48. The first-order valence-electron chi connectivity index (χ1n) is 7.61. The molecule has 0 radical (unpaired) electrons. The van der Waals surface area contributed by atoms with Gasteiger partial charge in [-0.3, -0.25) is 4.72 Å². The molecule has 1 aromatic heterocycles. The van der Waals surface area contributed by atoms with Gasteiger partial charge < -0.3 is 0 Å². The SMILES string of the molecule is Cc1ccc(S(=O)(=O)Nc2ccc3nc(C)c(C)nc3c2)c(C)c1. The van der Waals surface area contributed by atoms with E-state index < -0.39 is 10.0 Å². The van der Waals surface area contributed by atoms with E-state index in [2.05, 4.69) is 14.7 Å². The molecule has 5 nitrogen and oxygen atoms in total. The quantitative estimate of drug-likeness (QED) is 0.789. The molecule has 0 saturated carbocycles. The molecule has 1 N–H and O–H groups in total. The molecule has 0 aliphatic heterocycles. The van der Waals surface area contributed by atoms with Crippen LogP contribution in [0, 0.1) is 27.7 Å². The van der Waals surface area contributed by atoms with Crippen LogP contribution >= 0.6 is 0 Å². The fourth-order valence-corrected chi connectivity index (χ4v) is 3.88. The summed E-state index contributed by atoms with van der Waals surface area (Å²) in [4.78, 5) is 9.20. The zero-order chi connectivity index (χ0) is 17.5. The van der Waals surface area contributed by atoms with E-state index in [4.69, 9.17) is 0 Å². The summed E-state index contributed by atoms with van der Waals surface area (Å²) in [5.74, 6) is 0. The molecule has 0 aliphatic carbocycles. The number of nitrogens with zero attached hydrogens (tertiary/aromatic N) is 2. The summed E-state index contributed by atoms with van der Waals surface area (Å²) >= 11 is 0. The Kier molecular flexibility index (Phi) is 4.01. The summed E-state index contributed by atoms with van der Waals surface area (Å²) in [5.41, 5.74) is 5.32. The summed E-state index contributed by atoms with van der Waals surface area (Å²) in [6.07, 6.45) is 0. The maximum absolute atomic E-state index is 12.6. The summed E-state index contributed by atoms with van der Waals surface area (Å²) in [6.45, 7) is 7.51. The number of aromatic nitrogens is 2. The summed E-state index contributed by atoms with van der Waals surface area (Å²) in [7, 11) is -3.65. The Bertz CT molecular complexity index is 1040. The minimum atomic E-state index is -3.65. The number of hydrogen-bond donors (Lipinski definition) is 1. The Hall–Kier alpha value is -2.47. The van der Waals surface area contributed by atoms with Crippen LogP contribution in [-0.2, 0) is 10.0 Å². The highest BCUT2D eigenvalue weighted by molar-refractivity contribution is 7.92. The van der Waals surface area contributed by atoms with Crippen LogP contribution in [0.3, 0.4) is 0 Å². The van der Waals surface area contributed by atoms with Gasteiger partial charge in [0.25, 0.3) is 10.0 Å². The van der Waals surface area contributed by atoms with E-state index >= 15 is 0 Å². The molecule has 0 saturated heterocycles. The largest absolute Gasteiger partial charge is 0.280 e. The van der Waals surface area contributed by atoms with E-state index in [1.807, 2.05) is 26.8 Å². The third-order valence-corrected chi connectivity index (χ3v) is 5.49. The average molecular weight is 341 g/mol. The Morgan fingerprint density at radius 1 is 0.833 bits per heavy atom. The Labute approximate surface area is 141 Å². The fraction of sp³-hybridized carbons (Fsp3) is 0.222. The molecular formula is C18H19N3O2S. The standard InChI is InChI=1S/C18H19N3O2S/c1-11-5-8-18(12(2)9-11)24(22,23)21-15-6-7-16-17(10-15)20-14(4)13(3)19-16/h5-10,21H,1-4H3. The predicted molar refractivity (Wildman–Crippen MR) is 95.7 cm³/mol. The lowest BCUT2D eigenvalue weighted by molar-refractivity contribution is 0.600. The molecule has 0 atom stereocenters. The van der Waals surface area contributed by atoms with E-state index in [-0.39, 0.29) is 4.90 Å². The number of anilines is 1. The lowest BCUT2D eigenvalue weighted by Crippen LogP contribution is -2.14. The number of fused-ring (bicyclic) bond motifs is 1. The van der Waals surface area contributed by atoms with Crippen molar-refractivity contribution in [2.24, 2.45) is 0 Å². The van der Waals surface area contributed by atoms with Crippen molar-refractivity contribution in [2.75, 3.05) is 4.72 Å². The topological polar surface area (TPSA) is 72.0 Å². The minimum absolute atomic E-state index is 0.277. The van der Waals surface area contributed by atoms with Gasteiger partial charge in [-0.05, 0) is 57.5 Å². The highest BCUT2D eigenvalue weighted by atomic mass is 32.2. The second-order valence-corrected chi connectivity index (χ2v) is 7.62. The lowest BCUT2D eigenvalue weighted by Gasteiger charge is -2.11. The zero-order valence-electron chi connectivity index (χ0n) is 14.1. The number of aryl methyl sites for hydroxylation is 4. The van der Waals surface area contributed by atoms with E-state index in [9.17, 15) is 8.42 Å². The van der Waals surface area contributed by atoms with Gasteiger partial charge in [0.15, 0.2) is 0 Å². The number of rotatable bonds is 3. The molecule has 0 bridgehead atoms. The number of hydrogen-bond acceptors (Lipinski definition) is 4. The van der Waals surface area contributed by atoms with Gasteiger partial charge in [0, 0.05) is 0 Å². The smallest absolute Gasteiger partial charge is 0.262 e. The van der Waals surface area contributed by atoms with Crippen LogP contribution in [0.15, 0.2) is 41.3 Å². The monoisotopic (exact) mass is 341 g/mol. The second kappa shape index (κ2) is 5.87. The van der Waals surface area contributed by atoms with Gasteiger partial charge >= 0.3 is 0 Å². The molecule has 0 fully saturated rings. The van der Waals surface area contributed by atoms with Crippen molar-refractivity contribution in [2.45, 2.75) is 32.6 Å². The summed E-state index contributed by atoms with van der Waals surface area (Å²) < 4.78 is 27.9. The molecule has 124 valence electrons. The van der Waals surface area contributed by atoms with Crippen LogP contribution in [0.5, 0.6) is 0 Å². The van der Waals surface area contributed by atoms with Gasteiger partial charge in [-0.25, -0.2) is 18.4 Å². The van der Waals surface area contributed by atoms with Gasteiger partial charge in [0.05, 0.1) is 33.0 Å². The Balaban J connectivity index is 2.00. The second-order valence-electron chi connectivity index (χ2n) is 5.97. The van der Waals surface area contributed by atoms with Gasteiger partial charge in [-0.1, -0.05) is 17.7 Å². The van der Waals surface area contributed by atoms with E-state index in [0.29, 0.717) is 11.2 Å². The van der Waals surface area contributed by atoms with Crippen molar-refractivity contribution >= 4 is 26.7 Å². The van der Waals surface area contributed by atoms with Gasteiger partial charge in [-0.2, -0.15) is 0 Å². The van der Waals surface area contributed by atoms with E-state index in [1.165, 1.54) is 0 Å². The van der Waals surface area contributed by atoms with Crippen molar-refractivity contribution in [3.63, 3.8) is 0 Å². The molecule has 0 aliphatic rings. The van der Waals surface area contributed by atoms with Crippen LogP contribution in [0.25, 0.3) is 11.0 Å². The van der Waals surface area contributed by atoms with E-state index in [1.54, 1.807) is 37.3 Å². The maximum Gasteiger partial charge on any atom is 0.262 e. The van der Waals surface area contributed by atoms with Crippen molar-refractivity contribution in [3.8, 4) is 0 Å². The zero-order valence-corrected chi connectivity index (χ0v) is 14.9. The maximum atomic E-state index is 12.6. The molecule has 3 rings (SSSR count). The van der Waals surface area contributed by atoms with Crippen molar-refractivity contribution < 1.29 is 8.42 Å². The van der Waals surface area contributed by atoms with E-state index in [0.717, 1.165) is 28.0 Å². The third kappa shape index (κ3) is 3.10. The predicted octanol–water partition coefficient (Wildman–Crippen LogP) is 3.66. The molecule has 3 aromatic rings. The van der Waals surface area contributed by atoms with Crippen LogP contribution < -0.4 is 4.72 Å². The highest BCUT2D eigenvalue weighted by Crippen LogP contribution is 2.23. The van der Waals surface area contributed by atoms with Gasteiger partial charge in [0.1, 0.15) is 0 Å². The fourth-order valence-electron chi connectivity index (χ4n) is 2.61. The summed E-state index contributed by atoms with van der Waals surface area (Å²) in [5, 5.41) is 0. The van der Waals surface area contributed by atoms with Crippen molar-refractivity contribution in [1.29, 1.82) is 0 Å². The van der Waals surface area contributed by atoms with Gasteiger partial charge in [0.2, 0.25) is 0 Å². The Morgan fingerprint density at radius 2 is 1.50 bits per heavy atom. The molecule has 1 heterocycles. The van der Waals surface area contributed by atoms with Crippen LogP contribution in [0.4, 0.5) is 5.69 Å². The van der Waals surface area contributed by atoms with Gasteiger partial charge in [-0.15, -0.1) is 0 Å². The minimum Gasteiger partial charge on any atom is -0.280 e. The first-order valence-corrected chi connectivity index (χ1v) is 9.10. The molecular weight excluding hydrogens is 322 g/mol. The lowest BCUT2D eigenvalue weighted by atomic mass is 10.2. The number of sulfonamides is 1. The van der Waals surface area contributed by atoms with Crippen LogP contribution in [-0.4, -0.2) is 18.4 Å². The third-order valence-electron chi connectivity index (χ3n) is 3.95. The van der Waals surface area contributed by atoms with Crippen molar-refractivity contribution in [3.05, 3.63) is 58.9 Å². The first kappa shape index (κ1) is 16.4.